The molecule has 0 aliphatic rings. The maximum absolute atomic E-state index is 13.2. The van der Waals surface area contributed by atoms with Crippen LogP contribution in [0.4, 0.5) is 13.2 Å². The Hall–Kier alpha value is -1.08. The van der Waals surface area contributed by atoms with E-state index in [0.717, 1.165) is 0 Å². The Balaban J connectivity index is 3.16. The summed E-state index contributed by atoms with van der Waals surface area (Å²) in [6, 6.07) is 0.653. The van der Waals surface area contributed by atoms with Crippen molar-refractivity contribution in [3.63, 3.8) is 0 Å². The third-order valence-corrected chi connectivity index (χ3v) is 3.39. The third kappa shape index (κ3) is 3.44. The second kappa shape index (κ2) is 5.05. The summed E-state index contributed by atoms with van der Waals surface area (Å²) in [7, 11) is -4.30. The number of nitrogens with one attached hydrogen (secondary N) is 1. The van der Waals surface area contributed by atoms with Gasteiger partial charge >= 0.3 is 0 Å². The molecule has 1 N–H and O–H groups in total. The number of hydrogen-bond donors (Lipinski definition) is 1. The summed E-state index contributed by atoms with van der Waals surface area (Å²) in [6.07, 6.45) is 0. The first kappa shape index (κ1) is 14.0. The Labute approximate surface area is 97.7 Å². The predicted octanol–water partition coefficient (Wildman–Crippen LogP) is 2.04. The van der Waals surface area contributed by atoms with Crippen molar-refractivity contribution < 1.29 is 21.6 Å². The van der Waals surface area contributed by atoms with Crippen LogP contribution in [0.25, 0.3) is 0 Å². The van der Waals surface area contributed by atoms with Gasteiger partial charge in [0.2, 0.25) is 10.0 Å². The van der Waals surface area contributed by atoms with Crippen LogP contribution in [-0.2, 0) is 10.0 Å². The summed E-state index contributed by atoms with van der Waals surface area (Å²) in [6.45, 7) is 3.51. The van der Waals surface area contributed by atoms with Gasteiger partial charge in [0.25, 0.3) is 0 Å². The van der Waals surface area contributed by atoms with Crippen molar-refractivity contribution >= 4 is 10.0 Å². The molecule has 0 radical (unpaired) electrons. The van der Waals surface area contributed by atoms with Crippen LogP contribution in [0.5, 0.6) is 0 Å². The van der Waals surface area contributed by atoms with Crippen molar-refractivity contribution in [2.24, 2.45) is 5.92 Å². The summed E-state index contributed by atoms with van der Waals surface area (Å²) in [5.74, 6) is -4.07. The highest BCUT2D eigenvalue weighted by atomic mass is 32.2. The quantitative estimate of drug-likeness (QED) is 0.907. The van der Waals surface area contributed by atoms with Gasteiger partial charge in [0.1, 0.15) is 17.5 Å². The number of sulfonamides is 1. The first-order valence-corrected chi connectivity index (χ1v) is 6.36. The summed E-state index contributed by atoms with van der Waals surface area (Å²) in [4.78, 5) is -1.15. The fourth-order valence-electron chi connectivity index (χ4n) is 1.13. The molecule has 0 spiro atoms. The molecule has 1 aromatic rings. The Bertz CT molecular complexity index is 491. The van der Waals surface area contributed by atoms with E-state index in [-0.39, 0.29) is 12.5 Å². The standard InChI is InChI=1S/C10H12F3NO2S/c1-6(2)5-14-17(15,16)10-8(12)3-7(11)4-9(10)13/h3-4,6,14H,5H2,1-2H3. The summed E-state index contributed by atoms with van der Waals surface area (Å²) in [5.41, 5.74) is 0. The molecule has 0 amide bonds. The highest BCUT2D eigenvalue weighted by molar-refractivity contribution is 7.89. The second-order valence-corrected chi connectivity index (χ2v) is 5.65. The molecule has 0 saturated carbocycles. The molecule has 1 rings (SSSR count). The normalized spacial score (nSPS) is 12.1. The van der Waals surface area contributed by atoms with Gasteiger partial charge in [0.15, 0.2) is 4.90 Å². The zero-order chi connectivity index (χ0) is 13.2. The first-order chi connectivity index (χ1) is 7.74. The van der Waals surface area contributed by atoms with Gasteiger partial charge < -0.3 is 0 Å². The van der Waals surface area contributed by atoms with Gasteiger partial charge in [-0.25, -0.2) is 26.3 Å². The third-order valence-electron chi connectivity index (χ3n) is 1.91. The summed E-state index contributed by atoms with van der Waals surface area (Å²) in [5, 5.41) is 0. The highest BCUT2D eigenvalue weighted by Gasteiger charge is 2.24. The van der Waals surface area contributed by atoms with Crippen LogP contribution in [0.15, 0.2) is 17.0 Å². The maximum atomic E-state index is 13.2. The molecular formula is C10H12F3NO2S. The molecule has 0 fully saturated rings. The molecular weight excluding hydrogens is 255 g/mol. The highest BCUT2D eigenvalue weighted by Crippen LogP contribution is 2.19. The molecule has 0 aliphatic heterocycles. The molecule has 0 bridgehead atoms. The minimum absolute atomic E-state index is 0.0173. The van der Waals surface area contributed by atoms with Crippen LogP contribution in [0.2, 0.25) is 0 Å². The lowest BCUT2D eigenvalue weighted by Crippen LogP contribution is -2.29. The topological polar surface area (TPSA) is 46.2 Å². The molecule has 7 heteroatoms. The van der Waals surface area contributed by atoms with E-state index in [1.165, 1.54) is 0 Å². The predicted molar refractivity (Wildman–Crippen MR) is 56.3 cm³/mol. The molecule has 96 valence electrons. The van der Waals surface area contributed by atoms with Crippen LogP contribution in [0.1, 0.15) is 13.8 Å². The SMILES string of the molecule is CC(C)CNS(=O)(=O)c1c(F)cc(F)cc1F. The molecule has 0 aliphatic carbocycles. The Morgan fingerprint density at radius 3 is 2.06 bits per heavy atom. The van der Waals surface area contributed by atoms with E-state index >= 15 is 0 Å². The second-order valence-electron chi connectivity index (χ2n) is 3.94. The molecule has 0 atom stereocenters. The van der Waals surface area contributed by atoms with Gasteiger partial charge in [-0.3, -0.25) is 0 Å². The van der Waals surface area contributed by atoms with Crippen molar-refractivity contribution in [1.29, 1.82) is 0 Å². The molecule has 17 heavy (non-hydrogen) atoms. The fourth-order valence-corrected chi connectivity index (χ4v) is 2.46. The number of halogens is 3. The molecule has 1 aromatic carbocycles. The van der Waals surface area contributed by atoms with Crippen LogP contribution in [-0.4, -0.2) is 15.0 Å². The van der Waals surface area contributed by atoms with Crippen LogP contribution >= 0.6 is 0 Å². The van der Waals surface area contributed by atoms with Crippen molar-refractivity contribution in [2.45, 2.75) is 18.7 Å². The average molecular weight is 267 g/mol. The minimum atomic E-state index is -4.30. The van der Waals surface area contributed by atoms with Crippen LogP contribution in [0.3, 0.4) is 0 Å². The largest absolute Gasteiger partial charge is 0.246 e. The molecule has 0 saturated heterocycles. The Kier molecular flexibility index (Phi) is 4.16. The fraction of sp³-hybridized carbons (Fsp3) is 0.400. The van der Waals surface area contributed by atoms with Crippen molar-refractivity contribution in [3.05, 3.63) is 29.6 Å². The van der Waals surface area contributed by atoms with E-state index in [9.17, 15) is 21.6 Å². The van der Waals surface area contributed by atoms with Crippen molar-refractivity contribution in [1.82, 2.24) is 4.72 Å². The minimum Gasteiger partial charge on any atom is -0.211 e. The molecule has 3 nitrogen and oxygen atoms in total. The lowest BCUT2D eigenvalue weighted by Gasteiger charge is -2.10. The van der Waals surface area contributed by atoms with Gasteiger partial charge in [-0.2, -0.15) is 0 Å². The van der Waals surface area contributed by atoms with Crippen LogP contribution < -0.4 is 4.72 Å². The number of benzene rings is 1. The smallest absolute Gasteiger partial charge is 0.211 e. The van der Waals surface area contributed by atoms with E-state index in [4.69, 9.17) is 0 Å². The van der Waals surface area contributed by atoms with E-state index in [1.54, 1.807) is 13.8 Å². The van der Waals surface area contributed by atoms with Gasteiger partial charge in [-0.1, -0.05) is 13.8 Å². The van der Waals surface area contributed by atoms with Gasteiger partial charge in [-0.05, 0) is 5.92 Å². The average Bonchev–Trinajstić information content (AvgIpc) is 2.12. The van der Waals surface area contributed by atoms with Crippen molar-refractivity contribution in [3.8, 4) is 0 Å². The zero-order valence-electron chi connectivity index (χ0n) is 9.30. The molecule has 0 heterocycles. The van der Waals surface area contributed by atoms with Gasteiger partial charge in [0, 0.05) is 18.7 Å². The maximum Gasteiger partial charge on any atom is 0.246 e. The Morgan fingerprint density at radius 1 is 1.18 bits per heavy atom. The van der Waals surface area contributed by atoms with E-state index in [2.05, 4.69) is 0 Å². The molecule has 0 unspecified atom stereocenters. The zero-order valence-corrected chi connectivity index (χ0v) is 10.1. The first-order valence-electron chi connectivity index (χ1n) is 4.88. The number of rotatable bonds is 4. The lowest BCUT2D eigenvalue weighted by molar-refractivity contribution is 0.491. The van der Waals surface area contributed by atoms with Gasteiger partial charge in [-0.15, -0.1) is 0 Å². The summed E-state index contributed by atoms with van der Waals surface area (Å²) >= 11 is 0. The number of hydrogen-bond acceptors (Lipinski definition) is 2. The lowest BCUT2D eigenvalue weighted by atomic mass is 10.2. The molecule has 0 aromatic heterocycles. The van der Waals surface area contributed by atoms with E-state index in [0.29, 0.717) is 12.1 Å². The van der Waals surface area contributed by atoms with Gasteiger partial charge in [0.05, 0.1) is 0 Å². The Morgan fingerprint density at radius 2 is 1.65 bits per heavy atom. The summed E-state index contributed by atoms with van der Waals surface area (Å²) < 4.78 is 64.3. The van der Waals surface area contributed by atoms with Crippen LogP contribution in [0, 0.1) is 23.4 Å². The van der Waals surface area contributed by atoms with E-state index < -0.39 is 32.4 Å². The van der Waals surface area contributed by atoms with Crippen molar-refractivity contribution in [2.75, 3.05) is 6.54 Å². The monoisotopic (exact) mass is 267 g/mol. The van der Waals surface area contributed by atoms with E-state index in [1.807, 2.05) is 4.72 Å².